The van der Waals surface area contributed by atoms with Crippen LogP contribution < -0.4 is 10.6 Å². The molecule has 0 spiro atoms. The van der Waals surface area contributed by atoms with E-state index in [0.29, 0.717) is 0 Å². The first kappa shape index (κ1) is 12.6. The quantitative estimate of drug-likeness (QED) is 0.869. The van der Waals surface area contributed by atoms with Crippen LogP contribution in [0.4, 0.5) is 10.1 Å². The maximum Gasteiger partial charge on any atom is 0.141 e. The summed E-state index contributed by atoms with van der Waals surface area (Å²) in [6, 6.07) is 4.64. The second-order valence-corrected chi connectivity index (χ2v) is 4.45. The molecule has 0 bridgehead atoms. The zero-order valence-electron chi connectivity index (χ0n) is 9.51. The van der Waals surface area contributed by atoms with E-state index in [9.17, 15) is 4.39 Å². The van der Waals surface area contributed by atoms with Crippen molar-refractivity contribution in [3.63, 3.8) is 0 Å². The molecule has 2 rings (SSSR count). The summed E-state index contributed by atoms with van der Waals surface area (Å²) in [6.07, 6.45) is 1.18. The van der Waals surface area contributed by atoms with Crippen LogP contribution in [0.1, 0.15) is 6.42 Å². The third-order valence-electron chi connectivity index (χ3n) is 2.72. The Morgan fingerprint density at radius 1 is 1.53 bits per heavy atom. The maximum atomic E-state index is 12.9. The number of morpholine rings is 1. The van der Waals surface area contributed by atoms with Gasteiger partial charge in [0.25, 0.3) is 0 Å². The molecule has 94 valence electrons. The predicted molar refractivity (Wildman–Crippen MR) is 67.1 cm³/mol. The molecule has 1 aliphatic heterocycles. The van der Waals surface area contributed by atoms with E-state index < -0.39 is 5.82 Å². The first-order valence-corrected chi connectivity index (χ1v) is 6.15. The molecule has 5 heteroatoms. The van der Waals surface area contributed by atoms with Gasteiger partial charge in [0.2, 0.25) is 0 Å². The van der Waals surface area contributed by atoms with E-state index in [4.69, 9.17) is 16.3 Å². The van der Waals surface area contributed by atoms with Crippen molar-refractivity contribution in [1.82, 2.24) is 5.32 Å². The lowest BCUT2D eigenvalue weighted by Gasteiger charge is -2.23. The van der Waals surface area contributed by atoms with Gasteiger partial charge in [0, 0.05) is 25.3 Å². The molecule has 0 radical (unpaired) electrons. The van der Waals surface area contributed by atoms with Crippen LogP contribution in [0.15, 0.2) is 18.2 Å². The van der Waals surface area contributed by atoms with Crippen LogP contribution in [0, 0.1) is 5.82 Å². The number of nitrogens with one attached hydrogen (secondary N) is 2. The zero-order valence-corrected chi connectivity index (χ0v) is 10.3. The molecule has 0 amide bonds. The van der Waals surface area contributed by atoms with E-state index in [1.165, 1.54) is 6.07 Å². The largest absolute Gasteiger partial charge is 0.385 e. The monoisotopic (exact) mass is 258 g/mol. The minimum absolute atomic E-state index is 0.144. The summed E-state index contributed by atoms with van der Waals surface area (Å²) < 4.78 is 18.5. The topological polar surface area (TPSA) is 33.3 Å². The number of rotatable bonds is 4. The van der Waals surface area contributed by atoms with Crippen LogP contribution in [0.25, 0.3) is 0 Å². The Morgan fingerprint density at radius 2 is 2.41 bits per heavy atom. The lowest BCUT2D eigenvalue weighted by atomic mass is 10.2. The van der Waals surface area contributed by atoms with Crippen LogP contribution in [0.3, 0.4) is 0 Å². The van der Waals surface area contributed by atoms with Gasteiger partial charge in [-0.2, -0.15) is 0 Å². The van der Waals surface area contributed by atoms with Crippen LogP contribution in [-0.2, 0) is 4.74 Å². The Hall–Kier alpha value is -0.840. The Balaban J connectivity index is 1.75. The van der Waals surface area contributed by atoms with Crippen LogP contribution in [0.2, 0.25) is 5.02 Å². The lowest BCUT2D eigenvalue weighted by molar-refractivity contribution is 0.0258. The van der Waals surface area contributed by atoms with Crippen molar-refractivity contribution in [3.05, 3.63) is 29.0 Å². The van der Waals surface area contributed by atoms with Crippen LogP contribution in [-0.4, -0.2) is 32.3 Å². The molecule has 0 aromatic heterocycles. The summed E-state index contributed by atoms with van der Waals surface area (Å²) in [7, 11) is 0. The number of benzene rings is 1. The lowest BCUT2D eigenvalue weighted by Crippen LogP contribution is -2.39. The van der Waals surface area contributed by atoms with Crippen molar-refractivity contribution in [2.24, 2.45) is 0 Å². The van der Waals surface area contributed by atoms with Gasteiger partial charge in [-0.15, -0.1) is 0 Å². The smallest absolute Gasteiger partial charge is 0.141 e. The minimum atomic E-state index is -0.392. The number of anilines is 1. The Bertz CT molecular complexity index is 370. The molecule has 3 nitrogen and oxygen atoms in total. The van der Waals surface area contributed by atoms with Crippen molar-refractivity contribution >= 4 is 17.3 Å². The maximum absolute atomic E-state index is 12.9. The molecule has 1 aromatic carbocycles. The van der Waals surface area contributed by atoms with E-state index in [1.54, 1.807) is 12.1 Å². The van der Waals surface area contributed by atoms with E-state index in [2.05, 4.69) is 10.6 Å². The van der Waals surface area contributed by atoms with Crippen molar-refractivity contribution in [1.29, 1.82) is 0 Å². The highest BCUT2D eigenvalue weighted by atomic mass is 35.5. The van der Waals surface area contributed by atoms with Gasteiger partial charge in [0.05, 0.1) is 17.7 Å². The van der Waals surface area contributed by atoms with Crippen LogP contribution in [0.5, 0.6) is 0 Å². The average Bonchev–Trinajstić information content (AvgIpc) is 2.35. The Kier molecular flexibility index (Phi) is 4.59. The molecule has 1 atom stereocenters. The molecular formula is C12H16ClFN2O. The molecule has 1 fully saturated rings. The van der Waals surface area contributed by atoms with E-state index in [0.717, 1.165) is 38.3 Å². The molecule has 0 aliphatic carbocycles. The molecule has 1 unspecified atom stereocenters. The van der Waals surface area contributed by atoms with Gasteiger partial charge in [-0.25, -0.2) is 4.39 Å². The second-order valence-electron chi connectivity index (χ2n) is 4.04. The normalized spacial score (nSPS) is 20.2. The molecule has 1 aromatic rings. The van der Waals surface area contributed by atoms with Gasteiger partial charge in [0.1, 0.15) is 5.82 Å². The fourth-order valence-electron chi connectivity index (χ4n) is 1.79. The second kappa shape index (κ2) is 6.19. The third kappa shape index (κ3) is 3.84. The van der Waals surface area contributed by atoms with Crippen molar-refractivity contribution in [2.45, 2.75) is 12.5 Å². The standard InChI is InChI=1S/C12H16ClFN2O/c13-11-7-9(1-2-12(11)14)16-4-3-10-8-15-5-6-17-10/h1-2,7,10,15-16H,3-6,8H2. The van der Waals surface area contributed by atoms with Gasteiger partial charge in [0.15, 0.2) is 0 Å². The van der Waals surface area contributed by atoms with E-state index in [-0.39, 0.29) is 11.1 Å². The van der Waals surface area contributed by atoms with Gasteiger partial charge in [-0.05, 0) is 24.6 Å². The van der Waals surface area contributed by atoms with Crippen molar-refractivity contribution < 1.29 is 9.13 Å². The number of halogens is 2. The summed E-state index contributed by atoms with van der Waals surface area (Å²) >= 11 is 5.69. The van der Waals surface area contributed by atoms with E-state index in [1.807, 2.05) is 0 Å². The molecule has 1 aliphatic rings. The van der Waals surface area contributed by atoms with E-state index >= 15 is 0 Å². The highest BCUT2D eigenvalue weighted by Gasteiger charge is 2.12. The van der Waals surface area contributed by atoms with Crippen LogP contribution >= 0.6 is 11.6 Å². The summed E-state index contributed by atoms with van der Waals surface area (Å²) in [5.41, 5.74) is 0.833. The summed E-state index contributed by atoms with van der Waals surface area (Å²) in [5.74, 6) is -0.392. The van der Waals surface area contributed by atoms with Gasteiger partial charge in [-0.1, -0.05) is 11.6 Å². The first-order chi connectivity index (χ1) is 8.25. The molecule has 17 heavy (non-hydrogen) atoms. The predicted octanol–water partition coefficient (Wildman–Crippen LogP) is 2.27. The first-order valence-electron chi connectivity index (χ1n) is 5.77. The number of hydrogen-bond acceptors (Lipinski definition) is 3. The summed E-state index contributed by atoms with van der Waals surface area (Å²) in [4.78, 5) is 0. The Morgan fingerprint density at radius 3 is 3.12 bits per heavy atom. The van der Waals surface area contributed by atoms with Crippen molar-refractivity contribution in [2.75, 3.05) is 31.6 Å². The van der Waals surface area contributed by atoms with Gasteiger partial charge >= 0.3 is 0 Å². The van der Waals surface area contributed by atoms with Crippen molar-refractivity contribution in [3.8, 4) is 0 Å². The molecule has 2 N–H and O–H groups in total. The van der Waals surface area contributed by atoms with Gasteiger partial charge in [-0.3, -0.25) is 0 Å². The highest BCUT2D eigenvalue weighted by Crippen LogP contribution is 2.19. The molecule has 0 saturated carbocycles. The SMILES string of the molecule is Fc1ccc(NCCC2CNCCO2)cc1Cl. The highest BCUT2D eigenvalue weighted by molar-refractivity contribution is 6.31. The molecular weight excluding hydrogens is 243 g/mol. The number of hydrogen-bond donors (Lipinski definition) is 2. The number of ether oxygens (including phenoxy) is 1. The summed E-state index contributed by atoms with van der Waals surface area (Å²) in [5, 5.41) is 6.62. The molecule has 1 saturated heterocycles. The van der Waals surface area contributed by atoms with Gasteiger partial charge < -0.3 is 15.4 Å². The summed E-state index contributed by atoms with van der Waals surface area (Å²) in [6.45, 7) is 3.38. The fourth-order valence-corrected chi connectivity index (χ4v) is 1.97. The Labute approximate surface area is 105 Å². The average molecular weight is 259 g/mol. The third-order valence-corrected chi connectivity index (χ3v) is 3.01. The molecule has 1 heterocycles. The minimum Gasteiger partial charge on any atom is -0.385 e. The zero-order chi connectivity index (χ0) is 12.1. The fraction of sp³-hybridized carbons (Fsp3) is 0.500.